The molecule has 0 aliphatic rings. The van der Waals surface area contributed by atoms with Gasteiger partial charge in [-0.05, 0) is 31.5 Å². The minimum atomic E-state index is -0.335. The minimum absolute atomic E-state index is 0.262. The highest BCUT2D eigenvalue weighted by Gasteiger charge is 2.21. The fourth-order valence-electron chi connectivity index (χ4n) is 2.08. The van der Waals surface area contributed by atoms with Gasteiger partial charge in [-0.1, -0.05) is 18.2 Å². The Kier molecular flexibility index (Phi) is 3.60. The zero-order valence-corrected chi connectivity index (χ0v) is 11.3. The molecule has 0 N–H and O–H groups in total. The van der Waals surface area contributed by atoms with E-state index in [9.17, 15) is 9.59 Å². The average molecular weight is 256 g/mol. The number of aryl methyl sites for hydroxylation is 1. The van der Waals surface area contributed by atoms with Crippen LogP contribution in [0.2, 0.25) is 0 Å². The number of pyridine rings is 1. The molecule has 0 bridgehead atoms. The van der Waals surface area contributed by atoms with Gasteiger partial charge in [-0.3, -0.25) is 14.5 Å². The quantitative estimate of drug-likeness (QED) is 0.829. The van der Waals surface area contributed by atoms with E-state index in [1.54, 1.807) is 6.92 Å². The lowest BCUT2D eigenvalue weighted by Crippen LogP contribution is -2.35. The number of hydrogen-bond acceptors (Lipinski definition) is 3. The molecule has 0 saturated heterocycles. The van der Waals surface area contributed by atoms with E-state index in [1.807, 2.05) is 37.3 Å². The minimum Gasteiger partial charge on any atom is -0.278 e. The fraction of sp³-hybridized carbons (Fsp3) is 0.267. The summed E-state index contributed by atoms with van der Waals surface area (Å²) < 4.78 is 0. The number of carbonyl (C=O) groups excluding carboxylic acids is 2. The van der Waals surface area contributed by atoms with Crippen LogP contribution in [0.3, 0.4) is 0 Å². The highest BCUT2D eigenvalue weighted by Crippen LogP contribution is 2.17. The molecule has 4 heteroatoms. The van der Waals surface area contributed by atoms with Crippen molar-refractivity contribution in [2.24, 2.45) is 0 Å². The summed E-state index contributed by atoms with van der Waals surface area (Å²) in [5.41, 5.74) is 1.88. The Balaban J connectivity index is 2.53. The summed E-state index contributed by atoms with van der Waals surface area (Å²) in [7, 11) is 0. The second kappa shape index (κ2) is 5.18. The number of imide groups is 1. The van der Waals surface area contributed by atoms with Crippen molar-refractivity contribution < 1.29 is 9.59 Å². The van der Waals surface area contributed by atoms with Crippen molar-refractivity contribution in [2.45, 2.75) is 20.8 Å². The Morgan fingerprint density at radius 3 is 2.58 bits per heavy atom. The SMILES string of the molecule is CCN(C(C)=O)C(=O)c1nc2ccccc2cc1C. The van der Waals surface area contributed by atoms with Crippen molar-refractivity contribution in [3.63, 3.8) is 0 Å². The van der Waals surface area contributed by atoms with E-state index >= 15 is 0 Å². The predicted octanol–water partition coefficient (Wildman–Crippen LogP) is 2.55. The first-order valence-electron chi connectivity index (χ1n) is 6.23. The van der Waals surface area contributed by atoms with Crippen LogP contribution in [0, 0.1) is 6.92 Å². The standard InChI is InChI=1S/C15H16N2O2/c1-4-17(11(3)18)15(19)14-10(2)9-12-7-5-6-8-13(12)16-14/h5-9H,4H2,1-3H3. The predicted molar refractivity (Wildman–Crippen MR) is 73.9 cm³/mol. The topological polar surface area (TPSA) is 50.3 Å². The lowest BCUT2D eigenvalue weighted by atomic mass is 10.1. The smallest absolute Gasteiger partial charge is 0.278 e. The van der Waals surface area contributed by atoms with Gasteiger partial charge in [0.25, 0.3) is 5.91 Å². The average Bonchev–Trinajstić information content (AvgIpc) is 2.38. The van der Waals surface area contributed by atoms with Gasteiger partial charge < -0.3 is 0 Å². The van der Waals surface area contributed by atoms with Crippen molar-refractivity contribution in [3.05, 3.63) is 41.6 Å². The molecule has 0 fully saturated rings. The van der Waals surface area contributed by atoms with E-state index in [1.165, 1.54) is 11.8 Å². The number of benzene rings is 1. The molecule has 2 amide bonds. The van der Waals surface area contributed by atoms with Crippen molar-refractivity contribution in [1.82, 2.24) is 9.88 Å². The van der Waals surface area contributed by atoms with Crippen LogP contribution in [0.5, 0.6) is 0 Å². The molecule has 2 aromatic rings. The van der Waals surface area contributed by atoms with Gasteiger partial charge in [-0.25, -0.2) is 4.98 Å². The molecule has 0 aliphatic heterocycles. The Morgan fingerprint density at radius 2 is 1.95 bits per heavy atom. The zero-order valence-electron chi connectivity index (χ0n) is 11.3. The van der Waals surface area contributed by atoms with Crippen LogP contribution in [0.25, 0.3) is 10.9 Å². The molecule has 0 saturated carbocycles. The van der Waals surface area contributed by atoms with Gasteiger partial charge in [0.05, 0.1) is 5.52 Å². The van der Waals surface area contributed by atoms with Crippen molar-refractivity contribution in [3.8, 4) is 0 Å². The normalized spacial score (nSPS) is 10.5. The summed E-state index contributed by atoms with van der Waals surface area (Å²) in [6, 6.07) is 9.53. The first-order chi connectivity index (χ1) is 9.04. The molecule has 19 heavy (non-hydrogen) atoms. The largest absolute Gasteiger partial charge is 0.279 e. The van der Waals surface area contributed by atoms with Gasteiger partial charge in [-0.2, -0.15) is 0 Å². The van der Waals surface area contributed by atoms with Crippen LogP contribution in [0.4, 0.5) is 0 Å². The molecule has 4 nitrogen and oxygen atoms in total. The first-order valence-corrected chi connectivity index (χ1v) is 6.23. The molecule has 1 aromatic carbocycles. The summed E-state index contributed by atoms with van der Waals surface area (Å²) in [6.07, 6.45) is 0. The molecule has 0 aliphatic carbocycles. The van der Waals surface area contributed by atoms with Crippen molar-refractivity contribution in [2.75, 3.05) is 6.54 Å². The Labute approximate surface area is 112 Å². The third-order valence-electron chi connectivity index (χ3n) is 3.06. The van der Waals surface area contributed by atoms with Crippen LogP contribution in [-0.4, -0.2) is 28.2 Å². The molecule has 98 valence electrons. The number of fused-ring (bicyclic) bond motifs is 1. The second-order valence-corrected chi connectivity index (χ2v) is 4.42. The molecule has 0 unspecified atom stereocenters. The maximum atomic E-state index is 12.3. The van der Waals surface area contributed by atoms with E-state index in [4.69, 9.17) is 0 Å². The molecule has 0 spiro atoms. The summed E-state index contributed by atoms with van der Waals surface area (Å²) >= 11 is 0. The number of para-hydroxylation sites is 1. The summed E-state index contributed by atoms with van der Waals surface area (Å²) in [5.74, 6) is -0.597. The fourth-order valence-corrected chi connectivity index (χ4v) is 2.08. The monoisotopic (exact) mass is 256 g/mol. The van der Waals surface area contributed by atoms with Gasteiger partial charge in [-0.15, -0.1) is 0 Å². The number of nitrogens with zero attached hydrogens (tertiary/aromatic N) is 2. The molecule has 1 heterocycles. The van der Waals surface area contributed by atoms with Gasteiger partial charge in [0.1, 0.15) is 5.69 Å². The lowest BCUT2D eigenvalue weighted by molar-refractivity contribution is -0.126. The van der Waals surface area contributed by atoms with Crippen molar-refractivity contribution >= 4 is 22.7 Å². The number of amides is 2. The molecule has 1 aromatic heterocycles. The third-order valence-corrected chi connectivity index (χ3v) is 3.06. The molecular formula is C15H16N2O2. The van der Waals surface area contributed by atoms with Crippen LogP contribution < -0.4 is 0 Å². The maximum Gasteiger partial charge on any atom is 0.279 e. The molecule has 0 radical (unpaired) electrons. The maximum absolute atomic E-state index is 12.3. The lowest BCUT2D eigenvalue weighted by Gasteiger charge is -2.17. The van der Waals surface area contributed by atoms with E-state index in [0.717, 1.165) is 16.5 Å². The summed E-state index contributed by atoms with van der Waals surface area (Å²) in [5, 5.41) is 0.988. The van der Waals surface area contributed by atoms with Crippen LogP contribution >= 0.6 is 0 Å². The Bertz CT molecular complexity index is 650. The van der Waals surface area contributed by atoms with E-state index in [0.29, 0.717) is 12.2 Å². The molecule has 2 rings (SSSR count). The number of aromatic nitrogens is 1. The van der Waals surface area contributed by atoms with Gasteiger partial charge in [0.2, 0.25) is 5.91 Å². The Morgan fingerprint density at radius 1 is 1.26 bits per heavy atom. The van der Waals surface area contributed by atoms with Crippen LogP contribution in [-0.2, 0) is 4.79 Å². The highest BCUT2D eigenvalue weighted by molar-refractivity contribution is 6.04. The van der Waals surface area contributed by atoms with E-state index in [-0.39, 0.29) is 11.8 Å². The first kappa shape index (κ1) is 13.2. The van der Waals surface area contributed by atoms with Gasteiger partial charge >= 0.3 is 0 Å². The number of rotatable bonds is 2. The third kappa shape index (κ3) is 2.47. The summed E-state index contributed by atoms with van der Waals surface area (Å²) in [4.78, 5) is 29.3. The molecule has 0 atom stereocenters. The number of hydrogen-bond donors (Lipinski definition) is 0. The van der Waals surface area contributed by atoms with Gasteiger partial charge in [0.15, 0.2) is 0 Å². The van der Waals surface area contributed by atoms with E-state index in [2.05, 4.69) is 4.98 Å². The van der Waals surface area contributed by atoms with Crippen molar-refractivity contribution in [1.29, 1.82) is 0 Å². The Hall–Kier alpha value is -2.23. The highest BCUT2D eigenvalue weighted by atomic mass is 16.2. The number of carbonyl (C=O) groups is 2. The second-order valence-electron chi connectivity index (χ2n) is 4.42. The van der Waals surface area contributed by atoms with E-state index < -0.39 is 0 Å². The molecular weight excluding hydrogens is 240 g/mol. The zero-order chi connectivity index (χ0) is 14.0. The van der Waals surface area contributed by atoms with Crippen LogP contribution in [0.1, 0.15) is 29.9 Å². The summed E-state index contributed by atoms with van der Waals surface area (Å²) in [6.45, 7) is 5.34. The van der Waals surface area contributed by atoms with Crippen LogP contribution in [0.15, 0.2) is 30.3 Å². The van der Waals surface area contributed by atoms with Gasteiger partial charge in [0, 0.05) is 18.9 Å².